The predicted octanol–water partition coefficient (Wildman–Crippen LogP) is 6.24. The molecule has 0 aromatic heterocycles. The lowest BCUT2D eigenvalue weighted by Gasteiger charge is -2.34. The van der Waals surface area contributed by atoms with Crippen LogP contribution in [0.1, 0.15) is 52.4 Å². The third-order valence-electron chi connectivity index (χ3n) is 6.29. The van der Waals surface area contributed by atoms with Crippen LogP contribution in [0, 0.1) is 5.41 Å². The smallest absolute Gasteiger partial charge is 0.125 e. The second kappa shape index (κ2) is 7.75. The Balaban J connectivity index is 1.70. The van der Waals surface area contributed by atoms with Crippen LogP contribution in [0.25, 0.3) is 0 Å². The van der Waals surface area contributed by atoms with E-state index in [9.17, 15) is 4.39 Å². The van der Waals surface area contributed by atoms with Gasteiger partial charge in [0.15, 0.2) is 0 Å². The summed E-state index contributed by atoms with van der Waals surface area (Å²) in [6, 6.07) is 0. The summed E-state index contributed by atoms with van der Waals surface area (Å²) >= 11 is 0. The summed E-state index contributed by atoms with van der Waals surface area (Å²) in [5.74, 6) is 0. The van der Waals surface area contributed by atoms with Gasteiger partial charge in [0.05, 0.1) is 0 Å². The second-order valence-corrected chi connectivity index (χ2v) is 8.89. The predicted molar refractivity (Wildman–Crippen MR) is 112 cm³/mol. The zero-order valence-electron chi connectivity index (χ0n) is 16.8. The van der Waals surface area contributed by atoms with Crippen LogP contribution >= 0.6 is 0 Å². The number of allylic oxidation sites excluding steroid dienone is 11. The average molecular weight is 366 g/mol. The fourth-order valence-corrected chi connectivity index (χ4v) is 4.84. The molecule has 0 saturated carbocycles. The molecule has 27 heavy (non-hydrogen) atoms. The van der Waals surface area contributed by atoms with Crippen LogP contribution in [0.2, 0.25) is 0 Å². The van der Waals surface area contributed by atoms with Crippen LogP contribution in [-0.4, -0.2) is 30.7 Å². The monoisotopic (exact) mass is 365 g/mol. The van der Waals surface area contributed by atoms with Gasteiger partial charge in [-0.1, -0.05) is 56.4 Å². The SMILES string of the molecule is CC1(C)C=CC2=C1C(=C/CCN1CC(F)C1)/C1=C/CC/C=C/C=C\1CCC2. The first-order chi connectivity index (χ1) is 13.0. The molecule has 0 bridgehead atoms. The molecule has 1 nitrogen and oxygen atoms in total. The molecule has 0 unspecified atom stereocenters. The van der Waals surface area contributed by atoms with E-state index < -0.39 is 6.17 Å². The number of halogens is 1. The van der Waals surface area contributed by atoms with Gasteiger partial charge in [0.25, 0.3) is 0 Å². The highest BCUT2D eigenvalue weighted by Crippen LogP contribution is 2.48. The fourth-order valence-electron chi connectivity index (χ4n) is 4.84. The maximum absolute atomic E-state index is 13.1. The Kier molecular flexibility index (Phi) is 5.36. The van der Waals surface area contributed by atoms with Crippen LogP contribution in [0.4, 0.5) is 4.39 Å². The number of rotatable bonds is 3. The Bertz CT molecular complexity index is 766. The highest BCUT2D eigenvalue weighted by atomic mass is 19.1. The lowest BCUT2D eigenvalue weighted by atomic mass is 9.74. The van der Waals surface area contributed by atoms with Crippen molar-refractivity contribution < 1.29 is 4.39 Å². The van der Waals surface area contributed by atoms with Gasteiger partial charge in [0, 0.05) is 25.0 Å². The molecular formula is C25H32FN. The van der Waals surface area contributed by atoms with Gasteiger partial charge in [0.1, 0.15) is 6.17 Å². The van der Waals surface area contributed by atoms with Gasteiger partial charge in [-0.15, -0.1) is 0 Å². The fraction of sp³-hybridized carbons (Fsp3) is 0.520. The van der Waals surface area contributed by atoms with Crippen molar-refractivity contribution in [3.8, 4) is 0 Å². The van der Waals surface area contributed by atoms with Crippen LogP contribution in [0.5, 0.6) is 0 Å². The largest absolute Gasteiger partial charge is 0.297 e. The highest BCUT2D eigenvalue weighted by Gasteiger charge is 2.33. The van der Waals surface area contributed by atoms with Crippen LogP contribution in [0.15, 0.2) is 70.4 Å². The summed E-state index contributed by atoms with van der Waals surface area (Å²) in [7, 11) is 0. The van der Waals surface area contributed by atoms with Gasteiger partial charge in [-0.2, -0.15) is 0 Å². The molecule has 4 rings (SSSR count). The topological polar surface area (TPSA) is 3.24 Å². The van der Waals surface area contributed by atoms with Crippen LogP contribution in [0.3, 0.4) is 0 Å². The number of likely N-dealkylation sites (tertiary alicyclic amines) is 1. The van der Waals surface area contributed by atoms with Gasteiger partial charge in [-0.05, 0) is 66.4 Å². The van der Waals surface area contributed by atoms with Gasteiger partial charge < -0.3 is 0 Å². The molecule has 1 aliphatic heterocycles. The molecule has 2 heteroatoms. The van der Waals surface area contributed by atoms with Crippen LogP contribution < -0.4 is 0 Å². The van der Waals surface area contributed by atoms with Crippen molar-refractivity contribution in [3.63, 3.8) is 0 Å². The summed E-state index contributed by atoms with van der Waals surface area (Å²) in [5, 5.41) is 0. The minimum atomic E-state index is -0.610. The number of hydrogen-bond donors (Lipinski definition) is 0. The quantitative estimate of drug-likeness (QED) is 0.572. The zero-order valence-corrected chi connectivity index (χ0v) is 16.8. The van der Waals surface area contributed by atoms with Crippen molar-refractivity contribution in [1.82, 2.24) is 4.90 Å². The van der Waals surface area contributed by atoms with E-state index in [2.05, 4.69) is 61.3 Å². The van der Waals surface area contributed by atoms with Crippen molar-refractivity contribution in [3.05, 3.63) is 70.4 Å². The molecule has 1 fully saturated rings. The van der Waals surface area contributed by atoms with Crippen molar-refractivity contribution in [2.24, 2.45) is 5.41 Å². The average Bonchev–Trinajstić information content (AvgIpc) is 2.86. The first-order valence-electron chi connectivity index (χ1n) is 10.6. The molecule has 1 saturated heterocycles. The maximum Gasteiger partial charge on any atom is 0.125 e. The van der Waals surface area contributed by atoms with E-state index in [-0.39, 0.29) is 5.41 Å². The zero-order chi connectivity index (χ0) is 18.9. The van der Waals surface area contributed by atoms with Crippen molar-refractivity contribution in [2.45, 2.75) is 58.5 Å². The van der Waals surface area contributed by atoms with Crippen molar-refractivity contribution in [1.29, 1.82) is 0 Å². The Hall–Kier alpha value is -1.67. The minimum absolute atomic E-state index is 0.0868. The summed E-state index contributed by atoms with van der Waals surface area (Å²) in [5.41, 5.74) is 7.52. The number of hydrogen-bond acceptors (Lipinski definition) is 1. The molecular weight excluding hydrogens is 333 g/mol. The number of fused-ring (bicyclic) bond motifs is 1. The first-order valence-corrected chi connectivity index (χ1v) is 10.6. The third-order valence-corrected chi connectivity index (χ3v) is 6.29. The standard InChI is InChI=1S/C25H32FN/c1-25(2)15-14-20-11-7-10-19-9-5-3-4-6-12-22(19)23(24(20)25)13-8-16-27-17-21(26)18-27/h3,5,9,12-15,21H,4,6-8,10-11,16-18H2,1-2H3/b5-3+,19-9-,22-12+,23-13+. The Morgan fingerprint density at radius 3 is 2.89 bits per heavy atom. The third kappa shape index (κ3) is 3.96. The Labute approximate surface area is 163 Å². The van der Waals surface area contributed by atoms with E-state index in [1.807, 2.05) is 0 Å². The molecule has 144 valence electrons. The molecule has 1 heterocycles. The van der Waals surface area contributed by atoms with Gasteiger partial charge >= 0.3 is 0 Å². The van der Waals surface area contributed by atoms with Gasteiger partial charge in [-0.25, -0.2) is 4.39 Å². The number of alkyl halides is 1. The number of nitrogens with zero attached hydrogens (tertiary/aromatic N) is 1. The Morgan fingerprint density at radius 1 is 1.22 bits per heavy atom. The molecule has 0 radical (unpaired) electrons. The molecule has 4 aliphatic rings. The van der Waals surface area contributed by atoms with Gasteiger partial charge in [0.2, 0.25) is 0 Å². The van der Waals surface area contributed by atoms with E-state index in [1.54, 1.807) is 0 Å². The molecule has 3 aliphatic carbocycles. The molecule has 0 spiro atoms. The van der Waals surface area contributed by atoms with E-state index in [4.69, 9.17) is 0 Å². The van der Waals surface area contributed by atoms with E-state index >= 15 is 0 Å². The van der Waals surface area contributed by atoms with E-state index in [1.165, 1.54) is 34.3 Å². The first kappa shape index (κ1) is 18.7. The molecule has 0 atom stereocenters. The summed E-state index contributed by atoms with van der Waals surface area (Å²) in [6.07, 6.45) is 22.7. The summed E-state index contributed by atoms with van der Waals surface area (Å²) in [4.78, 5) is 2.23. The van der Waals surface area contributed by atoms with E-state index in [0.29, 0.717) is 13.1 Å². The molecule has 0 N–H and O–H groups in total. The molecule has 0 aromatic carbocycles. The highest BCUT2D eigenvalue weighted by molar-refractivity contribution is 5.64. The van der Waals surface area contributed by atoms with Crippen molar-refractivity contribution >= 4 is 0 Å². The van der Waals surface area contributed by atoms with E-state index in [0.717, 1.165) is 38.6 Å². The maximum atomic E-state index is 13.1. The minimum Gasteiger partial charge on any atom is -0.297 e. The summed E-state index contributed by atoms with van der Waals surface area (Å²) < 4.78 is 13.1. The molecule has 0 aromatic rings. The van der Waals surface area contributed by atoms with Crippen LogP contribution in [-0.2, 0) is 0 Å². The normalized spacial score (nSPS) is 32.2. The second-order valence-electron chi connectivity index (χ2n) is 8.89. The lowest BCUT2D eigenvalue weighted by molar-refractivity contribution is 0.0676. The lowest BCUT2D eigenvalue weighted by Crippen LogP contribution is -2.48. The van der Waals surface area contributed by atoms with Gasteiger partial charge in [-0.3, -0.25) is 4.90 Å². The Morgan fingerprint density at radius 2 is 2.07 bits per heavy atom. The summed E-state index contributed by atoms with van der Waals surface area (Å²) in [6.45, 7) is 6.88. The molecule has 0 amide bonds. The van der Waals surface area contributed by atoms with Crippen molar-refractivity contribution in [2.75, 3.05) is 19.6 Å².